The lowest BCUT2D eigenvalue weighted by atomic mass is 10.0. The van der Waals surface area contributed by atoms with Crippen molar-refractivity contribution in [1.82, 2.24) is 9.80 Å². The number of urea groups is 1. The van der Waals surface area contributed by atoms with Crippen LogP contribution < -0.4 is 5.32 Å². The smallest absolute Gasteiger partial charge is 0.321 e. The predicted molar refractivity (Wildman–Crippen MR) is 108 cm³/mol. The fourth-order valence-electron chi connectivity index (χ4n) is 3.29. The monoisotopic (exact) mass is 351 g/mol. The van der Waals surface area contributed by atoms with Gasteiger partial charge in [0.05, 0.1) is 0 Å². The first kappa shape index (κ1) is 18.5. The van der Waals surface area contributed by atoms with Crippen molar-refractivity contribution < 1.29 is 4.79 Å². The van der Waals surface area contributed by atoms with Crippen LogP contribution in [0.25, 0.3) is 0 Å². The van der Waals surface area contributed by atoms with Gasteiger partial charge >= 0.3 is 6.03 Å². The minimum absolute atomic E-state index is 0.00200. The van der Waals surface area contributed by atoms with E-state index in [1.165, 1.54) is 16.7 Å². The van der Waals surface area contributed by atoms with Gasteiger partial charge in [-0.15, -0.1) is 0 Å². The molecule has 138 valence electrons. The second-order valence-corrected chi connectivity index (χ2v) is 7.40. The molecule has 1 saturated heterocycles. The second-order valence-electron chi connectivity index (χ2n) is 7.40. The number of rotatable bonds is 4. The van der Waals surface area contributed by atoms with Gasteiger partial charge in [0.15, 0.2) is 0 Å². The van der Waals surface area contributed by atoms with Gasteiger partial charge < -0.3 is 10.2 Å². The van der Waals surface area contributed by atoms with E-state index in [0.29, 0.717) is 5.92 Å². The molecule has 4 heteroatoms. The molecule has 1 heterocycles. The molecule has 0 aliphatic carbocycles. The average molecular weight is 351 g/mol. The Morgan fingerprint density at radius 1 is 1.00 bits per heavy atom. The van der Waals surface area contributed by atoms with Gasteiger partial charge in [-0.2, -0.15) is 0 Å². The predicted octanol–water partition coefficient (Wildman–Crippen LogP) is 4.47. The summed E-state index contributed by atoms with van der Waals surface area (Å²) in [6.07, 6.45) is 0. The van der Waals surface area contributed by atoms with Crippen molar-refractivity contribution in [3.8, 4) is 0 Å². The van der Waals surface area contributed by atoms with Crippen molar-refractivity contribution in [2.75, 3.05) is 31.5 Å². The van der Waals surface area contributed by atoms with E-state index in [1.54, 1.807) is 0 Å². The highest BCUT2D eigenvalue weighted by Gasteiger charge is 2.21. The number of carbonyl (C=O) groups is 1. The van der Waals surface area contributed by atoms with Crippen LogP contribution in [0.3, 0.4) is 0 Å². The zero-order chi connectivity index (χ0) is 18.5. The van der Waals surface area contributed by atoms with Crippen LogP contribution in [0.4, 0.5) is 10.5 Å². The molecule has 1 aliphatic rings. The number of carbonyl (C=O) groups excluding carboxylic acids is 1. The summed E-state index contributed by atoms with van der Waals surface area (Å²) >= 11 is 0. The van der Waals surface area contributed by atoms with Crippen molar-refractivity contribution in [3.63, 3.8) is 0 Å². The standard InChI is InChI=1S/C22H29N3O/c1-17(2)19-8-10-21(11-9-19)23-22(26)25-14-12-24(13-15-25)16-20-7-5-4-6-18(20)3/h4-11,17H,12-16H2,1-3H3,(H,23,26). The van der Waals surface area contributed by atoms with Gasteiger partial charge in [0, 0.05) is 38.4 Å². The van der Waals surface area contributed by atoms with E-state index in [9.17, 15) is 4.79 Å². The summed E-state index contributed by atoms with van der Waals surface area (Å²) in [6.45, 7) is 10.8. The molecule has 0 radical (unpaired) electrons. The highest BCUT2D eigenvalue weighted by molar-refractivity contribution is 5.89. The summed E-state index contributed by atoms with van der Waals surface area (Å²) in [5.74, 6) is 0.501. The largest absolute Gasteiger partial charge is 0.322 e. The lowest BCUT2D eigenvalue weighted by Gasteiger charge is -2.35. The Kier molecular flexibility index (Phi) is 5.94. The molecular weight excluding hydrogens is 322 g/mol. The summed E-state index contributed by atoms with van der Waals surface area (Å²) < 4.78 is 0. The number of aryl methyl sites for hydroxylation is 1. The summed E-state index contributed by atoms with van der Waals surface area (Å²) in [5, 5.41) is 3.02. The van der Waals surface area contributed by atoms with Crippen LogP contribution in [0.1, 0.15) is 36.5 Å². The third kappa shape index (κ3) is 4.64. The number of hydrogen-bond donors (Lipinski definition) is 1. The molecule has 0 atom stereocenters. The maximum atomic E-state index is 12.5. The second kappa shape index (κ2) is 8.37. The highest BCUT2D eigenvalue weighted by Crippen LogP contribution is 2.18. The number of anilines is 1. The molecule has 26 heavy (non-hydrogen) atoms. The molecule has 0 saturated carbocycles. The van der Waals surface area contributed by atoms with Gasteiger partial charge in [0.2, 0.25) is 0 Å². The summed E-state index contributed by atoms with van der Waals surface area (Å²) in [4.78, 5) is 16.8. The van der Waals surface area contributed by atoms with Crippen LogP contribution >= 0.6 is 0 Å². The highest BCUT2D eigenvalue weighted by atomic mass is 16.2. The minimum Gasteiger partial charge on any atom is -0.322 e. The van der Waals surface area contributed by atoms with E-state index >= 15 is 0 Å². The third-order valence-electron chi connectivity index (χ3n) is 5.14. The summed E-state index contributed by atoms with van der Waals surface area (Å²) in [5.41, 5.74) is 4.85. The van der Waals surface area contributed by atoms with Crippen molar-refractivity contribution in [2.45, 2.75) is 33.2 Å². The first-order chi connectivity index (χ1) is 12.5. The Morgan fingerprint density at radius 3 is 2.27 bits per heavy atom. The lowest BCUT2D eigenvalue weighted by molar-refractivity contribution is 0.143. The molecule has 2 aromatic rings. The van der Waals surface area contributed by atoms with Gasteiger partial charge in [0.25, 0.3) is 0 Å². The molecule has 0 bridgehead atoms. The van der Waals surface area contributed by atoms with Crippen LogP contribution in [0.15, 0.2) is 48.5 Å². The average Bonchev–Trinajstić information content (AvgIpc) is 2.64. The number of amides is 2. The van der Waals surface area contributed by atoms with E-state index in [-0.39, 0.29) is 6.03 Å². The SMILES string of the molecule is Cc1ccccc1CN1CCN(C(=O)Nc2ccc(C(C)C)cc2)CC1. The van der Waals surface area contributed by atoms with Crippen LogP contribution in [-0.2, 0) is 6.54 Å². The van der Waals surface area contributed by atoms with Gasteiger partial charge in [-0.3, -0.25) is 4.90 Å². The van der Waals surface area contributed by atoms with Crippen LogP contribution in [0.5, 0.6) is 0 Å². The van der Waals surface area contributed by atoms with E-state index in [4.69, 9.17) is 0 Å². The molecule has 0 spiro atoms. The normalized spacial score (nSPS) is 15.3. The first-order valence-electron chi connectivity index (χ1n) is 9.45. The van der Waals surface area contributed by atoms with Crippen molar-refractivity contribution >= 4 is 11.7 Å². The minimum atomic E-state index is -0.00200. The number of hydrogen-bond acceptors (Lipinski definition) is 2. The number of piperazine rings is 1. The van der Waals surface area contributed by atoms with E-state index in [2.05, 4.69) is 67.4 Å². The quantitative estimate of drug-likeness (QED) is 0.882. The van der Waals surface area contributed by atoms with E-state index in [1.807, 2.05) is 17.0 Å². The van der Waals surface area contributed by atoms with Gasteiger partial charge in [-0.05, 0) is 41.7 Å². The first-order valence-corrected chi connectivity index (χ1v) is 9.45. The molecule has 1 N–H and O–H groups in total. The van der Waals surface area contributed by atoms with Crippen molar-refractivity contribution in [3.05, 3.63) is 65.2 Å². The van der Waals surface area contributed by atoms with Crippen molar-refractivity contribution in [2.24, 2.45) is 0 Å². The van der Waals surface area contributed by atoms with E-state index < -0.39 is 0 Å². The maximum Gasteiger partial charge on any atom is 0.321 e. The lowest BCUT2D eigenvalue weighted by Crippen LogP contribution is -2.49. The van der Waals surface area contributed by atoms with Crippen LogP contribution in [0.2, 0.25) is 0 Å². The fraction of sp³-hybridized carbons (Fsp3) is 0.409. The molecule has 0 aromatic heterocycles. The molecular formula is C22H29N3O. The fourth-order valence-corrected chi connectivity index (χ4v) is 3.29. The van der Waals surface area contributed by atoms with Gasteiger partial charge in [-0.1, -0.05) is 50.2 Å². The van der Waals surface area contributed by atoms with Gasteiger partial charge in [0.1, 0.15) is 0 Å². The topological polar surface area (TPSA) is 35.6 Å². The maximum absolute atomic E-state index is 12.5. The molecule has 1 fully saturated rings. The Bertz CT molecular complexity index is 731. The van der Waals surface area contributed by atoms with Crippen LogP contribution in [0, 0.1) is 6.92 Å². The van der Waals surface area contributed by atoms with Crippen LogP contribution in [-0.4, -0.2) is 42.0 Å². The van der Waals surface area contributed by atoms with Crippen molar-refractivity contribution in [1.29, 1.82) is 0 Å². The number of benzene rings is 2. The summed E-state index contributed by atoms with van der Waals surface area (Å²) in [6, 6.07) is 16.7. The molecule has 2 amide bonds. The Hall–Kier alpha value is -2.33. The zero-order valence-corrected chi connectivity index (χ0v) is 16.0. The number of nitrogens with zero attached hydrogens (tertiary/aromatic N) is 2. The summed E-state index contributed by atoms with van der Waals surface area (Å²) in [7, 11) is 0. The Balaban J connectivity index is 1.49. The zero-order valence-electron chi connectivity index (χ0n) is 16.0. The molecule has 1 aliphatic heterocycles. The number of nitrogens with one attached hydrogen (secondary N) is 1. The third-order valence-corrected chi connectivity index (χ3v) is 5.14. The van der Waals surface area contributed by atoms with Gasteiger partial charge in [-0.25, -0.2) is 4.79 Å². The molecule has 0 unspecified atom stereocenters. The Labute approximate surface area is 156 Å². The Morgan fingerprint density at radius 2 is 1.65 bits per heavy atom. The molecule has 4 nitrogen and oxygen atoms in total. The molecule has 2 aromatic carbocycles. The van der Waals surface area contributed by atoms with E-state index in [0.717, 1.165) is 38.4 Å². The molecule has 3 rings (SSSR count).